The summed E-state index contributed by atoms with van der Waals surface area (Å²) in [4.78, 5) is 36.2. The van der Waals surface area contributed by atoms with E-state index >= 15 is 0 Å². The molecular weight excluding hydrogens is 312 g/mol. The van der Waals surface area contributed by atoms with Crippen LogP contribution in [-0.2, 0) is 9.59 Å². The molecule has 1 heterocycles. The summed E-state index contributed by atoms with van der Waals surface area (Å²) in [5.74, 6) is -0.538. The molecule has 0 unspecified atom stereocenters. The van der Waals surface area contributed by atoms with Crippen LogP contribution < -0.4 is 5.32 Å². The minimum absolute atomic E-state index is 0.169. The number of rotatable bonds is 4. The van der Waals surface area contributed by atoms with Gasteiger partial charge in [0.05, 0.1) is 4.91 Å². The minimum atomic E-state index is -0.342. The highest BCUT2D eigenvalue weighted by Gasteiger charge is 2.34. The van der Waals surface area contributed by atoms with E-state index in [1.165, 1.54) is 6.92 Å². The van der Waals surface area contributed by atoms with Gasteiger partial charge in [-0.25, -0.2) is 0 Å². The first-order valence-corrected chi connectivity index (χ1v) is 7.42. The van der Waals surface area contributed by atoms with E-state index in [4.69, 9.17) is 11.6 Å². The van der Waals surface area contributed by atoms with Gasteiger partial charge >= 0.3 is 0 Å². The monoisotopic (exact) mass is 324 g/mol. The Morgan fingerprint density at radius 3 is 2.62 bits per heavy atom. The number of hydrogen-bond acceptors (Lipinski definition) is 4. The van der Waals surface area contributed by atoms with Crippen LogP contribution in [0.3, 0.4) is 0 Å². The molecule has 7 heteroatoms. The molecule has 0 aromatic heterocycles. The lowest BCUT2D eigenvalue weighted by Crippen LogP contribution is -2.36. The van der Waals surface area contributed by atoms with Gasteiger partial charge in [0.15, 0.2) is 0 Å². The molecule has 1 aliphatic heterocycles. The van der Waals surface area contributed by atoms with E-state index in [1.807, 2.05) is 0 Å². The molecule has 0 aliphatic carbocycles. The molecule has 1 N–H and O–H groups in total. The number of hydrogen-bond donors (Lipinski definition) is 1. The van der Waals surface area contributed by atoms with Crippen molar-refractivity contribution in [1.29, 1.82) is 0 Å². The maximum absolute atomic E-state index is 12.1. The maximum atomic E-state index is 12.1. The lowest BCUT2D eigenvalue weighted by molar-refractivity contribution is -0.123. The Hall–Kier alpha value is -1.79. The molecule has 1 saturated heterocycles. The van der Waals surface area contributed by atoms with E-state index in [9.17, 15) is 14.4 Å². The molecular formula is C14H13ClN2O3S. The summed E-state index contributed by atoms with van der Waals surface area (Å²) in [6, 6.07) is 6.98. The average molecular weight is 325 g/mol. The van der Waals surface area contributed by atoms with E-state index in [2.05, 4.69) is 5.32 Å². The highest BCUT2D eigenvalue weighted by atomic mass is 35.5. The largest absolute Gasteiger partial charge is 0.355 e. The van der Waals surface area contributed by atoms with Crippen LogP contribution in [0.4, 0.5) is 4.79 Å². The lowest BCUT2D eigenvalue weighted by Gasteiger charge is -2.12. The van der Waals surface area contributed by atoms with Crippen molar-refractivity contribution in [3.05, 3.63) is 39.8 Å². The Bertz CT molecular complexity index is 613. The van der Waals surface area contributed by atoms with Crippen LogP contribution in [0.25, 0.3) is 6.08 Å². The molecule has 1 fully saturated rings. The van der Waals surface area contributed by atoms with E-state index in [-0.39, 0.29) is 30.1 Å². The second-order valence-corrected chi connectivity index (χ2v) is 5.80. The molecule has 2 rings (SSSR count). The third-order valence-electron chi connectivity index (χ3n) is 2.75. The first-order valence-electron chi connectivity index (χ1n) is 6.23. The summed E-state index contributed by atoms with van der Waals surface area (Å²) in [5, 5.41) is 2.83. The van der Waals surface area contributed by atoms with Crippen LogP contribution in [0.5, 0.6) is 0 Å². The highest BCUT2D eigenvalue weighted by Crippen LogP contribution is 2.31. The fourth-order valence-electron chi connectivity index (χ4n) is 1.75. The predicted molar refractivity (Wildman–Crippen MR) is 82.8 cm³/mol. The SMILES string of the molecule is CC(=O)NCCN1C(=O)S/C(=C/c2ccc(Cl)cc2)C1=O. The smallest absolute Gasteiger partial charge is 0.293 e. The summed E-state index contributed by atoms with van der Waals surface area (Å²) >= 11 is 6.69. The van der Waals surface area contributed by atoms with Crippen molar-refractivity contribution >= 4 is 46.5 Å². The molecule has 1 aliphatic rings. The van der Waals surface area contributed by atoms with Gasteiger partial charge in [0.25, 0.3) is 11.1 Å². The molecule has 5 nitrogen and oxygen atoms in total. The van der Waals surface area contributed by atoms with E-state index in [1.54, 1.807) is 30.3 Å². The summed E-state index contributed by atoms with van der Waals surface area (Å²) in [5.41, 5.74) is 0.798. The van der Waals surface area contributed by atoms with Crippen LogP contribution in [0.2, 0.25) is 5.02 Å². The number of imide groups is 1. The summed E-state index contributed by atoms with van der Waals surface area (Å²) in [6.45, 7) is 1.80. The second kappa shape index (κ2) is 6.78. The Labute approximate surface area is 131 Å². The number of carbonyl (C=O) groups excluding carboxylic acids is 3. The Morgan fingerprint density at radius 1 is 1.33 bits per heavy atom. The maximum Gasteiger partial charge on any atom is 0.293 e. The van der Waals surface area contributed by atoms with Crippen molar-refractivity contribution in [3.8, 4) is 0 Å². The lowest BCUT2D eigenvalue weighted by atomic mass is 10.2. The average Bonchev–Trinajstić information content (AvgIpc) is 2.68. The number of thioether (sulfide) groups is 1. The Balaban J connectivity index is 2.06. The van der Waals surface area contributed by atoms with Crippen LogP contribution in [0, 0.1) is 0 Å². The molecule has 0 bridgehead atoms. The van der Waals surface area contributed by atoms with Crippen LogP contribution >= 0.6 is 23.4 Å². The number of carbonyl (C=O) groups is 3. The first-order chi connectivity index (χ1) is 9.97. The number of amides is 3. The van der Waals surface area contributed by atoms with Crippen molar-refractivity contribution in [2.24, 2.45) is 0 Å². The summed E-state index contributed by atoms with van der Waals surface area (Å²) in [7, 11) is 0. The predicted octanol–water partition coefficient (Wildman–Crippen LogP) is 2.51. The molecule has 0 saturated carbocycles. The molecule has 0 radical (unpaired) electrons. The van der Waals surface area contributed by atoms with Gasteiger partial charge in [-0.3, -0.25) is 19.3 Å². The van der Waals surface area contributed by atoms with Crippen molar-refractivity contribution in [2.45, 2.75) is 6.92 Å². The molecule has 1 aromatic carbocycles. The van der Waals surface area contributed by atoms with Gasteiger partial charge in [-0.2, -0.15) is 0 Å². The number of halogens is 1. The molecule has 21 heavy (non-hydrogen) atoms. The molecule has 3 amide bonds. The van der Waals surface area contributed by atoms with Crippen molar-refractivity contribution in [1.82, 2.24) is 10.2 Å². The van der Waals surface area contributed by atoms with Gasteiger partial charge in [0, 0.05) is 25.0 Å². The van der Waals surface area contributed by atoms with Gasteiger partial charge in [-0.05, 0) is 35.5 Å². The molecule has 1 aromatic rings. The van der Waals surface area contributed by atoms with Gasteiger partial charge in [0.2, 0.25) is 5.91 Å². The van der Waals surface area contributed by atoms with E-state index in [0.717, 1.165) is 22.2 Å². The quantitative estimate of drug-likeness (QED) is 0.864. The standard InChI is InChI=1S/C14H13ClN2O3S/c1-9(18)16-6-7-17-13(19)12(21-14(17)20)8-10-2-4-11(15)5-3-10/h2-5,8H,6-7H2,1H3,(H,16,18)/b12-8+. The third-order valence-corrected chi connectivity index (χ3v) is 3.91. The second-order valence-electron chi connectivity index (χ2n) is 4.37. The molecule has 0 spiro atoms. The minimum Gasteiger partial charge on any atom is -0.355 e. The summed E-state index contributed by atoms with van der Waals surface area (Å²) in [6.07, 6.45) is 1.65. The van der Waals surface area contributed by atoms with Gasteiger partial charge in [0.1, 0.15) is 0 Å². The fraction of sp³-hybridized carbons (Fsp3) is 0.214. The highest BCUT2D eigenvalue weighted by molar-refractivity contribution is 8.18. The zero-order chi connectivity index (χ0) is 15.4. The van der Waals surface area contributed by atoms with Crippen LogP contribution in [-0.4, -0.2) is 35.0 Å². The number of nitrogens with one attached hydrogen (secondary N) is 1. The van der Waals surface area contributed by atoms with Crippen molar-refractivity contribution in [3.63, 3.8) is 0 Å². The van der Waals surface area contributed by atoms with Crippen LogP contribution in [0.1, 0.15) is 12.5 Å². The normalized spacial score (nSPS) is 16.7. The van der Waals surface area contributed by atoms with Gasteiger partial charge in [-0.15, -0.1) is 0 Å². The van der Waals surface area contributed by atoms with Crippen molar-refractivity contribution in [2.75, 3.05) is 13.1 Å². The third kappa shape index (κ3) is 4.09. The summed E-state index contributed by atoms with van der Waals surface area (Å²) < 4.78 is 0. The van der Waals surface area contributed by atoms with Crippen LogP contribution in [0.15, 0.2) is 29.2 Å². The topological polar surface area (TPSA) is 66.5 Å². The van der Waals surface area contributed by atoms with Gasteiger partial charge in [-0.1, -0.05) is 23.7 Å². The Morgan fingerprint density at radius 2 is 2.00 bits per heavy atom. The molecule has 0 atom stereocenters. The van der Waals surface area contributed by atoms with E-state index < -0.39 is 0 Å². The number of nitrogens with zero attached hydrogens (tertiary/aromatic N) is 1. The van der Waals surface area contributed by atoms with Gasteiger partial charge < -0.3 is 5.32 Å². The zero-order valence-electron chi connectivity index (χ0n) is 11.3. The fourth-order valence-corrected chi connectivity index (χ4v) is 2.74. The van der Waals surface area contributed by atoms with Crippen molar-refractivity contribution < 1.29 is 14.4 Å². The first kappa shape index (κ1) is 15.6. The zero-order valence-corrected chi connectivity index (χ0v) is 12.8. The Kier molecular flexibility index (Phi) is 5.03. The number of benzene rings is 1. The molecule has 110 valence electrons. The van der Waals surface area contributed by atoms with E-state index in [0.29, 0.717) is 9.93 Å².